The Labute approximate surface area is 202 Å². The average Bonchev–Trinajstić information content (AvgIpc) is 3.69. The smallest absolute Gasteiger partial charge is 0.0991 e. The summed E-state index contributed by atoms with van der Waals surface area (Å²) in [4.78, 5) is 8.48. The molecule has 3 heterocycles. The van der Waals surface area contributed by atoms with Crippen LogP contribution in [0.1, 0.15) is 0 Å². The number of imidazole rings is 2. The molecule has 0 saturated heterocycles. The van der Waals surface area contributed by atoms with Crippen LogP contribution in [0.4, 0.5) is 0 Å². The lowest BCUT2D eigenvalue weighted by atomic mass is 10.0. The summed E-state index contributed by atoms with van der Waals surface area (Å²) in [5.41, 5.74) is 7.97. The second kappa shape index (κ2) is 7.85. The van der Waals surface area contributed by atoms with Crippen molar-refractivity contribution in [3.05, 3.63) is 128 Å². The summed E-state index contributed by atoms with van der Waals surface area (Å²) in [6.07, 6.45) is 11.2. The van der Waals surface area contributed by atoms with Gasteiger partial charge in [0.2, 0.25) is 0 Å². The first-order valence-corrected chi connectivity index (χ1v) is 11.6. The minimum Gasteiger partial charge on any atom is -0.309 e. The zero-order valence-electron chi connectivity index (χ0n) is 18.9. The zero-order chi connectivity index (χ0) is 23.2. The normalized spacial score (nSPS) is 11.4. The maximum absolute atomic E-state index is 4.24. The number of aromatic nitrogens is 5. The van der Waals surface area contributed by atoms with Crippen LogP contribution in [0.5, 0.6) is 0 Å². The summed E-state index contributed by atoms with van der Waals surface area (Å²) < 4.78 is 6.40. The van der Waals surface area contributed by atoms with E-state index in [2.05, 4.69) is 106 Å². The molecule has 0 saturated carbocycles. The predicted molar refractivity (Wildman–Crippen MR) is 140 cm³/mol. The third-order valence-electron chi connectivity index (χ3n) is 6.53. The van der Waals surface area contributed by atoms with Gasteiger partial charge in [-0.25, -0.2) is 9.97 Å². The van der Waals surface area contributed by atoms with Crippen molar-refractivity contribution in [2.45, 2.75) is 0 Å². The molecular weight excluding hydrogens is 430 g/mol. The van der Waals surface area contributed by atoms with Gasteiger partial charge in [0.05, 0.1) is 23.7 Å². The summed E-state index contributed by atoms with van der Waals surface area (Å²) in [6.45, 7) is 0. The topological polar surface area (TPSA) is 40.6 Å². The van der Waals surface area contributed by atoms with Crippen molar-refractivity contribution in [1.82, 2.24) is 23.7 Å². The highest BCUT2D eigenvalue weighted by Crippen LogP contribution is 2.35. The highest BCUT2D eigenvalue weighted by Gasteiger charge is 2.14. The Bertz CT molecular complexity index is 1720. The van der Waals surface area contributed by atoms with Gasteiger partial charge in [-0.15, -0.1) is 0 Å². The van der Waals surface area contributed by atoms with E-state index in [0.29, 0.717) is 0 Å². The minimum absolute atomic E-state index is 1.05. The van der Waals surface area contributed by atoms with E-state index in [4.69, 9.17) is 0 Å². The summed E-state index contributed by atoms with van der Waals surface area (Å²) >= 11 is 0. The molecule has 4 aromatic carbocycles. The molecule has 5 heteroatoms. The van der Waals surface area contributed by atoms with E-state index in [9.17, 15) is 0 Å². The van der Waals surface area contributed by atoms with E-state index in [1.807, 2.05) is 34.2 Å². The van der Waals surface area contributed by atoms with Gasteiger partial charge in [0.25, 0.3) is 0 Å². The molecule has 0 N–H and O–H groups in total. The highest BCUT2D eigenvalue weighted by molar-refractivity contribution is 6.10. The molecule has 166 valence electrons. The molecule has 0 aliphatic rings. The Hall–Kier alpha value is -4.90. The van der Waals surface area contributed by atoms with Crippen LogP contribution in [0.2, 0.25) is 0 Å². The van der Waals surface area contributed by atoms with Gasteiger partial charge in [0, 0.05) is 52.6 Å². The molecule has 0 bridgehead atoms. The van der Waals surface area contributed by atoms with Crippen LogP contribution in [0.15, 0.2) is 128 Å². The van der Waals surface area contributed by atoms with E-state index in [1.165, 1.54) is 21.8 Å². The lowest BCUT2D eigenvalue weighted by molar-refractivity contribution is 1.02. The Balaban J connectivity index is 1.47. The van der Waals surface area contributed by atoms with Crippen LogP contribution in [-0.4, -0.2) is 23.7 Å². The van der Waals surface area contributed by atoms with Gasteiger partial charge in [0.1, 0.15) is 0 Å². The molecule has 0 aliphatic heterocycles. The summed E-state index contributed by atoms with van der Waals surface area (Å²) in [6, 6.07) is 32.5. The Kier molecular flexibility index (Phi) is 4.39. The molecule has 5 nitrogen and oxygen atoms in total. The fourth-order valence-electron chi connectivity index (χ4n) is 4.89. The number of fused-ring (bicyclic) bond motifs is 3. The highest BCUT2D eigenvalue weighted by atomic mass is 15.0. The largest absolute Gasteiger partial charge is 0.309 e. The van der Waals surface area contributed by atoms with Crippen molar-refractivity contribution >= 4 is 21.8 Å². The third-order valence-corrected chi connectivity index (χ3v) is 6.53. The average molecular weight is 452 g/mol. The molecule has 0 unspecified atom stereocenters. The van der Waals surface area contributed by atoms with E-state index in [0.717, 1.165) is 28.2 Å². The number of para-hydroxylation sites is 2. The number of benzene rings is 4. The first-order chi connectivity index (χ1) is 17.3. The van der Waals surface area contributed by atoms with Crippen LogP contribution in [0.25, 0.3) is 50.0 Å². The number of rotatable bonds is 4. The standard InChI is InChI=1S/C30H21N5/c1-2-6-24(7-3-1)35-29-9-5-4-8-27(29)28-18-22(10-11-30(28)35)23-16-25(33-14-12-31-20-33)19-26(17-23)34-15-13-32-21-34/h1-21H. The molecule has 0 fully saturated rings. The van der Waals surface area contributed by atoms with Crippen LogP contribution < -0.4 is 0 Å². The van der Waals surface area contributed by atoms with E-state index in [1.54, 1.807) is 12.4 Å². The summed E-state index contributed by atoms with van der Waals surface area (Å²) in [5, 5.41) is 2.48. The Morgan fingerprint density at radius 1 is 0.486 bits per heavy atom. The molecule has 7 rings (SSSR count). The minimum atomic E-state index is 1.05. The third kappa shape index (κ3) is 3.25. The number of nitrogens with zero attached hydrogens (tertiary/aromatic N) is 5. The molecule has 0 spiro atoms. The van der Waals surface area contributed by atoms with Gasteiger partial charge in [0.15, 0.2) is 0 Å². The summed E-state index contributed by atoms with van der Waals surface area (Å²) in [5.74, 6) is 0. The van der Waals surface area contributed by atoms with Gasteiger partial charge < -0.3 is 13.7 Å². The lowest BCUT2D eigenvalue weighted by Crippen LogP contribution is -1.97. The van der Waals surface area contributed by atoms with Gasteiger partial charge >= 0.3 is 0 Å². The van der Waals surface area contributed by atoms with E-state index < -0.39 is 0 Å². The molecule has 0 radical (unpaired) electrons. The van der Waals surface area contributed by atoms with Gasteiger partial charge in [-0.2, -0.15) is 0 Å². The Morgan fingerprint density at radius 3 is 1.83 bits per heavy atom. The molecular formula is C30H21N5. The van der Waals surface area contributed by atoms with Gasteiger partial charge in [-0.3, -0.25) is 0 Å². The van der Waals surface area contributed by atoms with Crippen molar-refractivity contribution in [2.24, 2.45) is 0 Å². The van der Waals surface area contributed by atoms with Crippen molar-refractivity contribution in [3.8, 4) is 28.2 Å². The number of hydrogen-bond donors (Lipinski definition) is 0. The quantitative estimate of drug-likeness (QED) is 0.295. The molecule has 0 aliphatic carbocycles. The monoisotopic (exact) mass is 451 g/mol. The van der Waals surface area contributed by atoms with Crippen molar-refractivity contribution < 1.29 is 0 Å². The first-order valence-electron chi connectivity index (χ1n) is 11.6. The van der Waals surface area contributed by atoms with Gasteiger partial charge in [-0.05, 0) is 59.7 Å². The van der Waals surface area contributed by atoms with Crippen LogP contribution in [-0.2, 0) is 0 Å². The van der Waals surface area contributed by atoms with Crippen LogP contribution >= 0.6 is 0 Å². The lowest BCUT2D eigenvalue weighted by Gasteiger charge is -2.12. The molecule has 7 aromatic rings. The number of hydrogen-bond acceptors (Lipinski definition) is 2. The zero-order valence-corrected chi connectivity index (χ0v) is 18.9. The van der Waals surface area contributed by atoms with E-state index >= 15 is 0 Å². The molecule has 35 heavy (non-hydrogen) atoms. The molecule has 0 atom stereocenters. The Morgan fingerprint density at radius 2 is 1.14 bits per heavy atom. The maximum atomic E-state index is 4.24. The second-order valence-electron chi connectivity index (χ2n) is 8.60. The van der Waals surface area contributed by atoms with Crippen molar-refractivity contribution in [2.75, 3.05) is 0 Å². The SMILES string of the molecule is c1ccc(-n2c3ccccc3c3cc(-c4cc(-n5ccnc5)cc(-n5ccnc5)c4)ccc32)cc1. The van der Waals surface area contributed by atoms with Crippen LogP contribution in [0, 0.1) is 0 Å². The van der Waals surface area contributed by atoms with Gasteiger partial charge in [-0.1, -0.05) is 42.5 Å². The van der Waals surface area contributed by atoms with Crippen LogP contribution in [0.3, 0.4) is 0 Å². The second-order valence-corrected chi connectivity index (χ2v) is 8.60. The fraction of sp³-hybridized carbons (Fsp3) is 0. The van der Waals surface area contributed by atoms with Crippen molar-refractivity contribution in [1.29, 1.82) is 0 Å². The first kappa shape index (κ1) is 19.6. The predicted octanol–water partition coefficient (Wildman–Crippen LogP) is 6.82. The van der Waals surface area contributed by atoms with E-state index in [-0.39, 0.29) is 0 Å². The van der Waals surface area contributed by atoms with Crippen molar-refractivity contribution in [3.63, 3.8) is 0 Å². The molecule has 3 aromatic heterocycles. The molecule has 0 amide bonds. The summed E-state index contributed by atoms with van der Waals surface area (Å²) in [7, 11) is 0. The maximum Gasteiger partial charge on any atom is 0.0991 e. The fourth-order valence-corrected chi connectivity index (χ4v) is 4.89.